The summed E-state index contributed by atoms with van der Waals surface area (Å²) in [6, 6.07) is 2.12. The number of likely N-dealkylation sites (tertiary alicyclic amines) is 1. The summed E-state index contributed by atoms with van der Waals surface area (Å²) in [6.07, 6.45) is 2.26. The van der Waals surface area contributed by atoms with E-state index in [0.717, 1.165) is 31.1 Å². The molecular weight excluding hydrogens is 304 g/mol. The standard InChI is InChI=1S/C14H20N4O3S/c15-4-2-7-17-6-1-3-11(9-17)13(20)16-5-8-18-12(19)10-22-14(18)21/h11H,1-3,5-10H2,(H,16,20). The van der Waals surface area contributed by atoms with Crippen LogP contribution in [0.3, 0.4) is 0 Å². The van der Waals surface area contributed by atoms with Gasteiger partial charge in [0.05, 0.1) is 17.7 Å². The molecule has 1 atom stereocenters. The molecule has 0 aromatic rings. The number of carbonyl (C=O) groups excluding carboxylic acids is 3. The van der Waals surface area contributed by atoms with E-state index < -0.39 is 0 Å². The van der Waals surface area contributed by atoms with Crippen LogP contribution in [0.25, 0.3) is 0 Å². The van der Waals surface area contributed by atoms with Gasteiger partial charge in [-0.3, -0.25) is 19.3 Å². The van der Waals surface area contributed by atoms with E-state index in [2.05, 4.69) is 16.3 Å². The minimum Gasteiger partial charge on any atom is -0.354 e. The normalized spacial score (nSPS) is 22.7. The number of piperidine rings is 1. The average molecular weight is 324 g/mol. The van der Waals surface area contributed by atoms with Gasteiger partial charge in [0, 0.05) is 32.6 Å². The third kappa shape index (κ3) is 4.45. The Morgan fingerprint density at radius 2 is 2.23 bits per heavy atom. The molecular formula is C14H20N4O3S. The summed E-state index contributed by atoms with van der Waals surface area (Å²) in [5.74, 6) is -0.103. The maximum Gasteiger partial charge on any atom is 0.288 e. The summed E-state index contributed by atoms with van der Waals surface area (Å²) < 4.78 is 0. The van der Waals surface area contributed by atoms with Crippen molar-refractivity contribution in [2.24, 2.45) is 5.92 Å². The van der Waals surface area contributed by atoms with E-state index in [9.17, 15) is 14.4 Å². The second-order valence-electron chi connectivity index (χ2n) is 5.44. The van der Waals surface area contributed by atoms with E-state index in [-0.39, 0.29) is 35.3 Å². The van der Waals surface area contributed by atoms with E-state index >= 15 is 0 Å². The Hall–Kier alpha value is -1.59. The van der Waals surface area contributed by atoms with Gasteiger partial charge in [-0.05, 0) is 19.4 Å². The summed E-state index contributed by atoms with van der Waals surface area (Å²) in [6.45, 7) is 2.84. The quantitative estimate of drug-likeness (QED) is 0.761. The third-order valence-corrected chi connectivity index (χ3v) is 4.75. The first-order valence-electron chi connectivity index (χ1n) is 7.46. The number of hydrogen-bond donors (Lipinski definition) is 1. The zero-order valence-electron chi connectivity index (χ0n) is 12.4. The van der Waals surface area contributed by atoms with Crippen LogP contribution in [0.15, 0.2) is 0 Å². The number of rotatable bonds is 6. The molecule has 0 aromatic heterocycles. The van der Waals surface area contributed by atoms with Gasteiger partial charge < -0.3 is 10.2 Å². The SMILES string of the molecule is N#CCCN1CCCC(C(=O)NCCN2C(=O)CSC2=O)C1. The van der Waals surface area contributed by atoms with Crippen LogP contribution >= 0.6 is 11.8 Å². The fourth-order valence-electron chi connectivity index (χ4n) is 2.71. The van der Waals surface area contributed by atoms with Gasteiger partial charge in [0.1, 0.15) is 0 Å². The molecule has 2 saturated heterocycles. The molecule has 8 heteroatoms. The molecule has 0 bridgehead atoms. The van der Waals surface area contributed by atoms with Crippen LogP contribution < -0.4 is 5.32 Å². The Labute approximate surface area is 134 Å². The van der Waals surface area contributed by atoms with Crippen molar-refractivity contribution < 1.29 is 14.4 Å². The number of thioether (sulfide) groups is 1. The minimum absolute atomic E-state index is 0.0339. The molecule has 2 fully saturated rings. The van der Waals surface area contributed by atoms with Gasteiger partial charge in [-0.2, -0.15) is 5.26 Å². The molecule has 0 radical (unpaired) electrons. The van der Waals surface area contributed by atoms with Gasteiger partial charge in [-0.25, -0.2) is 0 Å². The molecule has 7 nitrogen and oxygen atoms in total. The van der Waals surface area contributed by atoms with E-state index in [1.54, 1.807) is 0 Å². The lowest BCUT2D eigenvalue weighted by Gasteiger charge is -2.31. The van der Waals surface area contributed by atoms with E-state index in [1.165, 1.54) is 4.90 Å². The van der Waals surface area contributed by atoms with Crippen molar-refractivity contribution in [2.75, 3.05) is 38.5 Å². The average Bonchev–Trinajstić information content (AvgIpc) is 2.85. The van der Waals surface area contributed by atoms with Gasteiger partial charge in [-0.15, -0.1) is 0 Å². The lowest BCUT2D eigenvalue weighted by Crippen LogP contribution is -2.45. The fourth-order valence-corrected chi connectivity index (χ4v) is 3.46. The van der Waals surface area contributed by atoms with Gasteiger partial charge in [0.15, 0.2) is 0 Å². The van der Waals surface area contributed by atoms with Crippen molar-refractivity contribution in [3.63, 3.8) is 0 Å². The summed E-state index contributed by atoms with van der Waals surface area (Å²) in [5, 5.41) is 11.2. The molecule has 0 aliphatic carbocycles. The van der Waals surface area contributed by atoms with Gasteiger partial charge in [0.2, 0.25) is 11.8 Å². The van der Waals surface area contributed by atoms with Crippen LogP contribution in [0.2, 0.25) is 0 Å². The van der Waals surface area contributed by atoms with Crippen molar-refractivity contribution in [2.45, 2.75) is 19.3 Å². The summed E-state index contributed by atoms with van der Waals surface area (Å²) in [5.41, 5.74) is 0. The third-order valence-electron chi connectivity index (χ3n) is 3.89. The van der Waals surface area contributed by atoms with Crippen LogP contribution in [0.1, 0.15) is 19.3 Å². The highest BCUT2D eigenvalue weighted by Crippen LogP contribution is 2.18. The van der Waals surface area contributed by atoms with Crippen LogP contribution in [0, 0.1) is 17.2 Å². The summed E-state index contributed by atoms with van der Waals surface area (Å²) in [7, 11) is 0. The zero-order chi connectivity index (χ0) is 15.9. The Morgan fingerprint density at radius 1 is 1.41 bits per heavy atom. The molecule has 1 unspecified atom stereocenters. The largest absolute Gasteiger partial charge is 0.354 e. The molecule has 120 valence electrons. The predicted octanol–water partition coefficient (Wildman–Crippen LogP) is 0.424. The number of nitrogens with zero attached hydrogens (tertiary/aromatic N) is 3. The van der Waals surface area contributed by atoms with Crippen LogP contribution in [0.4, 0.5) is 4.79 Å². The smallest absolute Gasteiger partial charge is 0.288 e. The fraction of sp³-hybridized carbons (Fsp3) is 0.714. The van der Waals surface area contributed by atoms with Gasteiger partial charge >= 0.3 is 0 Å². The van der Waals surface area contributed by atoms with Crippen molar-refractivity contribution >= 4 is 28.8 Å². The molecule has 2 aliphatic heterocycles. The summed E-state index contributed by atoms with van der Waals surface area (Å²) >= 11 is 1.000. The van der Waals surface area contributed by atoms with E-state index in [0.29, 0.717) is 26.1 Å². The molecule has 1 N–H and O–H groups in total. The Kier molecular flexibility index (Phi) is 6.21. The lowest BCUT2D eigenvalue weighted by molar-refractivity contribution is -0.128. The molecule has 0 aromatic carbocycles. The van der Waals surface area contributed by atoms with Crippen molar-refractivity contribution in [1.82, 2.24) is 15.1 Å². The Balaban J connectivity index is 1.71. The number of hydrogen-bond acceptors (Lipinski definition) is 6. The molecule has 2 heterocycles. The maximum absolute atomic E-state index is 12.2. The Morgan fingerprint density at radius 3 is 2.91 bits per heavy atom. The number of nitrogens with one attached hydrogen (secondary N) is 1. The van der Waals surface area contributed by atoms with E-state index in [1.807, 2.05) is 0 Å². The second kappa shape index (κ2) is 8.15. The molecule has 3 amide bonds. The highest BCUT2D eigenvalue weighted by Gasteiger charge is 2.30. The molecule has 2 rings (SSSR count). The highest BCUT2D eigenvalue weighted by atomic mass is 32.2. The van der Waals surface area contributed by atoms with Crippen molar-refractivity contribution in [1.29, 1.82) is 5.26 Å². The topological polar surface area (TPSA) is 93.5 Å². The van der Waals surface area contributed by atoms with Crippen LogP contribution in [-0.4, -0.2) is 65.3 Å². The number of imide groups is 1. The minimum atomic E-state index is -0.236. The van der Waals surface area contributed by atoms with Crippen molar-refractivity contribution in [3.05, 3.63) is 0 Å². The molecule has 0 saturated carbocycles. The van der Waals surface area contributed by atoms with Crippen LogP contribution in [-0.2, 0) is 9.59 Å². The second-order valence-corrected chi connectivity index (χ2v) is 6.37. The first-order valence-corrected chi connectivity index (χ1v) is 8.44. The number of nitriles is 1. The first-order chi connectivity index (χ1) is 10.6. The monoisotopic (exact) mass is 324 g/mol. The lowest BCUT2D eigenvalue weighted by atomic mass is 9.97. The van der Waals surface area contributed by atoms with E-state index in [4.69, 9.17) is 5.26 Å². The first kappa shape index (κ1) is 16.8. The number of carbonyl (C=O) groups is 3. The summed E-state index contributed by atoms with van der Waals surface area (Å²) in [4.78, 5) is 38.4. The predicted molar refractivity (Wildman–Crippen MR) is 82.0 cm³/mol. The van der Waals surface area contributed by atoms with Gasteiger partial charge in [0.25, 0.3) is 5.24 Å². The maximum atomic E-state index is 12.2. The van der Waals surface area contributed by atoms with Crippen LogP contribution in [0.5, 0.6) is 0 Å². The Bertz CT molecular complexity index is 475. The van der Waals surface area contributed by atoms with Gasteiger partial charge in [-0.1, -0.05) is 11.8 Å². The van der Waals surface area contributed by atoms with Crippen molar-refractivity contribution in [3.8, 4) is 6.07 Å². The highest BCUT2D eigenvalue weighted by molar-refractivity contribution is 8.14. The molecule has 22 heavy (non-hydrogen) atoms. The molecule has 2 aliphatic rings. The number of amides is 3. The zero-order valence-corrected chi connectivity index (χ0v) is 13.2. The molecule has 0 spiro atoms.